The first-order valence-electron chi connectivity index (χ1n) is 8.12. The number of rotatable bonds is 5. The maximum Gasteiger partial charge on any atom is 0.359 e. The summed E-state index contributed by atoms with van der Waals surface area (Å²) >= 11 is 0. The predicted octanol–water partition coefficient (Wildman–Crippen LogP) is 4.03. The number of hydrogen-bond acceptors (Lipinski definition) is 4. The van der Waals surface area contributed by atoms with Crippen LogP contribution in [-0.4, -0.2) is 29.2 Å². The molecular formula is C20H20N2O3. The Bertz CT molecular complexity index is 885. The van der Waals surface area contributed by atoms with Crippen LogP contribution in [0.3, 0.4) is 0 Å². The van der Waals surface area contributed by atoms with Crippen LogP contribution < -0.4 is 4.74 Å². The Morgan fingerprint density at radius 3 is 2.40 bits per heavy atom. The van der Waals surface area contributed by atoms with Crippen molar-refractivity contribution in [2.45, 2.75) is 13.8 Å². The van der Waals surface area contributed by atoms with Crippen LogP contribution in [0.4, 0.5) is 0 Å². The Morgan fingerprint density at radius 1 is 1.08 bits per heavy atom. The van der Waals surface area contributed by atoms with Gasteiger partial charge in [0.05, 0.1) is 25.1 Å². The highest BCUT2D eigenvalue weighted by molar-refractivity contribution is 5.95. The van der Waals surface area contributed by atoms with Crippen molar-refractivity contribution in [3.8, 4) is 23.0 Å². The van der Waals surface area contributed by atoms with Crippen molar-refractivity contribution in [2.24, 2.45) is 0 Å². The minimum absolute atomic E-state index is 0.244. The van der Waals surface area contributed by atoms with E-state index >= 15 is 0 Å². The molecule has 1 aromatic heterocycles. The van der Waals surface area contributed by atoms with Crippen LogP contribution in [0, 0.1) is 6.92 Å². The molecule has 5 nitrogen and oxygen atoms in total. The summed E-state index contributed by atoms with van der Waals surface area (Å²) in [6.45, 7) is 4.07. The number of benzene rings is 2. The fourth-order valence-corrected chi connectivity index (χ4v) is 2.78. The Labute approximate surface area is 146 Å². The molecule has 0 N–H and O–H groups in total. The molecule has 25 heavy (non-hydrogen) atoms. The normalized spacial score (nSPS) is 10.5. The highest BCUT2D eigenvalue weighted by Gasteiger charge is 2.26. The van der Waals surface area contributed by atoms with E-state index in [4.69, 9.17) is 9.47 Å². The lowest BCUT2D eigenvalue weighted by atomic mass is 10.1. The third-order valence-electron chi connectivity index (χ3n) is 3.90. The molecule has 2 aromatic carbocycles. The van der Waals surface area contributed by atoms with E-state index in [9.17, 15) is 4.79 Å². The minimum atomic E-state index is -0.466. The van der Waals surface area contributed by atoms with Crippen LogP contribution in [0.2, 0.25) is 0 Å². The molecule has 0 saturated heterocycles. The fraction of sp³-hybridized carbons (Fsp3) is 0.200. The van der Waals surface area contributed by atoms with Crippen molar-refractivity contribution < 1.29 is 14.3 Å². The van der Waals surface area contributed by atoms with Gasteiger partial charge in [0.25, 0.3) is 0 Å². The minimum Gasteiger partial charge on any atom is -0.468 e. The standard InChI is InChI=1S/C20H20N2O3/c1-4-25-19(23)17-18(15-11-6-5-7-12-15)22(20(21-17)24-3)16-13-9-8-10-14(16)2/h5-13H,4H2,1-3H3. The van der Waals surface area contributed by atoms with Gasteiger partial charge in [-0.25, -0.2) is 4.79 Å². The van der Waals surface area contributed by atoms with Gasteiger partial charge in [-0.1, -0.05) is 48.5 Å². The summed E-state index contributed by atoms with van der Waals surface area (Å²) in [5, 5.41) is 0. The summed E-state index contributed by atoms with van der Waals surface area (Å²) in [5.41, 5.74) is 3.72. The van der Waals surface area contributed by atoms with Crippen LogP contribution in [-0.2, 0) is 4.74 Å². The van der Waals surface area contributed by atoms with Gasteiger partial charge in [-0.3, -0.25) is 4.57 Å². The van der Waals surface area contributed by atoms with E-state index in [0.717, 1.165) is 16.8 Å². The summed E-state index contributed by atoms with van der Waals surface area (Å²) in [6.07, 6.45) is 0. The third kappa shape index (κ3) is 3.13. The van der Waals surface area contributed by atoms with Gasteiger partial charge >= 0.3 is 12.0 Å². The van der Waals surface area contributed by atoms with Crippen molar-refractivity contribution in [2.75, 3.05) is 13.7 Å². The molecule has 1 heterocycles. The SMILES string of the molecule is CCOC(=O)c1nc(OC)n(-c2ccccc2C)c1-c1ccccc1. The second-order valence-electron chi connectivity index (χ2n) is 5.50. The molecule has 0 radical (unpaired) electrons. The number of para-hydroxylation sites is 1. The molecule has 0 unspecified atom stereocenters. The van der Waals surface area contributed by atoms with Crippen LogP contribution >= 0.6 is 0 Å². The molecule has 0 spiro atoms. The van der Waals surface area contributed by atoms with Gasteiger partial charge in [0.2, 0.25) is 0 Å². The van der Waals surface area contributed by atoms with E-state index in [1.165, 1.54) is 0 Å². The van der Waals surface area contributed by atoms with E-state index < -0.39 is 5.97 Å². The van der Waals surface area contributed by atoms with Gasteiger partial charge in [-0.15, -0.1) is 0 Å². The number of nitrogens with zero attached hydrogens (tertiary/aromatic N) is 2. The maximum absolute atomic E-state index is 12.5. The Kier molecular flexibility index (Phi) is 4.84. The highest BCUT2D eigenvalue weighted by atomic mass is 16.5. The van der Waals surface area contributed by atoms with Crippen molar-refractivity contribution in [1.29, 1.82) is 0 Å². The van der Waals surface area contributed by atoms with Crippen molar-refractivity contribution >= 4 is 5.97 Å². The fourth-order valence-electron chi connectivity index (χ4n) is 2.78. The summed E-state index contributed by atoms with van der Waals surface area (Å²) in [4.78, 5) is 16.9. The number of imidazole rings is 1. The second-order valence-corrected chi connectivity index (χ2v) is 5.50. The van der Waals surface area contributed by atoms with E-state index in [1.54, 1.807) is 14.0 Å². The molecule has 0 fully saturated rings. The lowest BCUT2D eigenvalue weighted by molar-refractivity contribution is 0.0520. The molecule has 0 saturated carbocycles. The summed E-state index contributed by atoms with van der Waals surface area (Å²) < 4.78 is 12.5. The first kappa shape index (κ1) is 16.8. The third-order valence-corrected chi connectivity index (χ3v) is 3.90. The summed E-state index contributed by atoms with van der Waals surface area (Å²) in [5.74, 6) is -0.466. The number of ether oxygens (including phenoxy) is 2. The maximum atomic E-state index is 12.5. The molecule has 3 aromatic rings. The lowest BCUT2D eigenvalue weighted by Gasteiger charge is -2.14. The van der Waals surface area contributed by atoms with Gasteiger partial charge in [0.1, 0.15) is 0 Å². The monoisotopic (exact) mass is 336 g/mol. The first-order chi connectivity index (χ1) is 12.2. The topological polar surface area (TPSA) is 53.4 Å². The summed E-state index contributed by atoms with van der Waals surface area (Å²) in [6, 6.07) is 17.9. The van der Waals surface area contributed by atoms with E-state index in [1.807, 2.05) is 66.1 Å². The molecule has 128 valence electrons. The largest absolute Gasteiger partial charge is 0.468 e. The molecule has 0 aliphatic carbocycles. The Hall–Kier alpha value is -3.08. The van der Waals surface area contributed by atoms with Crippen molar-refractivity contribution in [3.63, 3.8) is 0 Å². The van der Waals surface area contributed by atoms with E-state index in [2.05, 4.69) is 4.98 Å². The number of esters is 1. The van der Waals surface area contributed by atoms with Gasteiger partial charge in [0.15, 0.2) is 5.69 Å². The van der Waals surface area contributed by atoms with Crippen LogP contribution in [0.15, 0.2) is 54.6 Å². The number of aryl methyl sites for hydroxylation is 1. The zero-order chi connectivity index (χ0) is 17.8. The van der Waals surface area contributed by atoms with E-state index in [-0.39, 0.29) is 12.3 Å². The van der Waals surface area contributed by atoms with Crippen molar-refractivity contribution in [1.82, 2.24) is 9.55 Å². The zero-order valence-electron chi connectivity index (χ0n) is 14.5. The molecule has 0 aliphatic heterocycles. The lowest BCUT2D eigenvalue weighted by Crippen LogP contribution is -2.08. The molecule has 0 amide bonds. The van der Waals surface area contributed by atoms with Crippen LogP contribution in [0.1, 0.15) is 23.0 Å². The molecule has 0 atom stereocenters. The number of aromatic nitrogens is 2. The first-order valence-corrected chi connectivity index (χ1v) is 8.12. The quantitative estimate of drug-likeness (QED) is 0.660. The Balaban J connectivity index is 2.33. The zero-order valence-corrected chi connectivity index (χ0v) is 14.5. The summed E-state index contributed by atoms with van der Waals surface area (Å²) in [7, 11) is 1.54. The predicted molar refractivity (Wildman–Crippen MR) is 96.2 cm³/mol. The van der Waals surface area contributed by atoms with Gasteiger partial charge in [-0.05, 0) is 25.5 Å². The molecule has 0 aliphatic rings. The molecule has 0 bridgehead atoms. The average molecular weight is 336 g/mol. The average Bonchev–Trinajstić information content (AvgIpc) is 3.02. The Morgan fingerprint density at radius 2 is 1.76 bits per heavy atom. The number of carbonyl (C=O) groups excluding carboxylic acids is 1. The van der Waals surface area contributed by atoms with E-state index in [0.29, 0.717) is 11.7 Å². The number of hydrogen-bond donors (Lipinski definition) is 0. The molecule has 5 heteroatoms. The van der Waals surface area contributed by atoms with Gasteiger partial charge in [-0.2, -0.15) is 4.98 Å². The van der Waals surface area contributed by atoms with Gasteiger partial charge in [0, 0.05) is 5.56 Å². The van der Waals surface area contributed by atoms with Crippen LogP contribution in [0.25, 0.3) is 16.9 Å². The highest BCUT2D eigenvalue weighted by Crippen LogP contribution is 2.33. The molecular weight excluding hydrogens is 316 g/mol. The van der Waals surface area contributed by atoms with Gasteiger partial charge < -0.3 is 9.47 Å². The molecule has 3 rings (SSSR count). The smallest absolute Gasteiger partial charge is 0.359 e. The van der Waals surface area contributed by atoms with Crippen LogP contribution in [0.5, 0.6) is 6.01 Å². The number of methoxy groups -OCH3 is 1. The second kappa shape index (κ2) is 7.21. The van der Waals surface area contributed by atoms with Crippen molar-refractivity contribution in [3.05, 3.63) is 65.9 Å². The number of carbonyl (C=O) groups is 1.